The van der Waals surface area contributed by atoms with Gasteiger partial charge in [0.25, 0.3) is 0 Å². The molecule has 1 aromatic carbocycles. The number of carbonyl (C=O) groups excluding carboxylic acids is 2. The first kappa shape index (κ1) is 19.3. The summed E-state index contributed by atoms with van der Waals surface area (Å²) in [5.41, 5.74) is 2.50. The zero-order valence-corrected chi connectivity index (χ0v) is 14.4. The smallest absolute Gasteiger partial charge is 0.347 e. The monoisotopic (exact) mass is 356 g/mol. The highest BCUT2D eigenvalue weighted by molar-refractivity contribution is 5.96. The average molecular weight is 356 g/mol. The van der Waals surface area contributed by atoms with Gasteiger partial charge in [-0.15, -0.1) is 0 Å². The Kier molecular flexibility index (Phi) is 6.08. The van der Waals surface area contributed by atoms with Crippen molar-refractivity contribution in [2.45, 2.75) is 45.7 Å². The summed E-state index contributed by atoms with van der Waals surface area (Å²) in [5, 5.41) is 5.20. The molecule has 1 fully saturated rings. The Bertz CT molecular complexity index is 623. The number of carbonyl (C=O) groups is 2. The molecular formula is C18H23F3N2O2. The summed E-state index contributed by atoms with van der Waals surface area (Å²) in [6, 6.07) is 5.60. The minimum Gasteiger partial charge on any atom is -0.347 e. The highest BCUT2D eigenvalue weighted by Crippen LogP contribution is 2.39. The van der Waals surface area contributed by atoms with E-state index in [1.165, 1.54) is 0 Å². The van der Waals surface area contributed by atoms with Gasteiger partial charge in [-0.25, -0.2) is 0 Å². The van der Waals surface area contributed by atoms with Crippen LogP contribution >= 0.6 is 0 Å². The van der Waals surface area contributed by atoms with E-state index in [0.717, 1.165) is 11.1 Å². The summed E-state index contributed by atoms with van der Waals surface area (Å²) in [6.07, 6.45) is -3.60. The molecule has 2 N–H and O–H groups in total. The highest BCUT2D eigenvalue weighted by atomic mass is 19.4. The molecule has 1 saturated carbocycles. The molecule has 0 heterocycles. The van der Waals surface area contributed by atoms with Gasteiger partial charge in [-0.2, -0.15) is 13.2 Å². The second kappa shape index (κ2) is 7.89. The number of amides is 2. The summed E-state index contributed by atoms with van der Waals surface area (Å²) in [6.45, 7) is 3.47. The molecule has 0 aromatic heterocycles. The van der Waals surface area contributed by atoms with Crippen molar-refractivity contribution in [2.24, 2.45) is 11.8 Å². The molecule has 2 rings (SSSR count). The fourth-order valence-electron chi connectivity index (χ4n) is 3.23. The molecule has 25 heavy (non-hydrogen) atoms. The lowest BCUT2D eigenvalue weighted by Gasteiger charge is -2.29. The van der Waals surface area contributed by atoms with E-state index < -0.39 is 29.8 Å². The summed E-state index contributed by atoms with van der Waals surface area (Å²) < 4.78 is 38.4. The van der Waals surface area contributed by atoms with Crippen LogP contribution in [0.4, 0.5) is 18.9 Å². The molecule has 1 aromatic rings. The second-order valence-electron chi connectivity index (χ2n) is 6.63. The molecule has 1 aliphatic carbocycles. The van der Waals surface area contributed by atoms with Gasteiger partial charge in [0.15, 0.2) is 0 Å². The van der Waals surface area contributed by atoms with E-state index in [4.69, 9.17) is 0 Å². The molecule has 138 valence electrons. The number of nitrogens with one attached hydrogen (secondary N) is 2. The zero-order chi connectivity index (χ0) is 18.6. The van der Waals surface area contributed by atoms with Crippen LogP contribution in [0.1, 0.15) is 36.8 Å². The Labute approximate surface area is 145 Å². The van der Waals surface area contributed by atoms with Crippen molar-refractivity contribution in [1.82, 2.24) is 5.32 Å². The number of benzene rings is 1. The maximum Gasteiger partial charge on any atom is 0.391 e. The Morgan fingerprint density at radius 3 is 2.40 bits per heavy atom. The van der Waals surface area contributed by atoms with Gasteiger partial charge in [-0.1, -0.05) is 24.6 Å². The average Bonchev–Trinajstić information content (AvgIpc) is 2.55. The number of anilines is 1. The van der Waals surface area contributed by atoms with Crippen molar-refractivity contribution in [1.29, 1.82) is 0 Å². The predicted octanol–water partition coefficient (Wildman–Crippen LogP) is 3.73. The van der Waals surface area contributed by atoms with E-state index in [1.54, 1.807) is 0 Å². The van der Waals surface area contributed by atoms with Gasteiger partial charge in [0, 0.05) is 11.6 Å². The van der Waals surface area contributed by atoms with Gasteiger partial charge < -0.3 is 10.6 Å². The van der Waals surface area contributed by atoms with Crippen LogP contribution in [0.2, 0.25) is 0 Å². The van der Waals surface area contributed by atoms with Crippen LogP contribution in [0, 0.1) is 25.7 Å². The number of aryl methyl sites for hydroxylation is 2. The number of para-hydroxylation sites is 1. The SMILES string of the molecule is Cc1cccc(C)c1NC(=O)CNC(=O)C1CCCC(C(F)(F)F)C1. The van der Waals surface area contributed by atoms with E-state index >= 15 is 0 Å². The lowest BCUT2D eigenvalue weighted by atomic mass is 9.80. The summed E-state index contributed by atoms with van der Waals surface area (Å²) >= 11 is 0. The summed E-state index contributed by atoms with van der Waals surface area (Å²) in [5.74, 6) is -2.99. The first-order chi connectivity index (χ1) is 11.7. The fraction of sp³-hybridized carbons (Fsp3) is 0.556. The molecule has 0 saturated heterocycles. The third kappa shape index (κ3) is 5.21. The minimum absolute atomic E-state index is 0.0698. The fourth-order valence-corrected chi connectivity index (χ4v) is 3.23. The molecule has 2 atom stereocenters. The van der Waals surface area contributed by atoms with Gasteiger partial charge in [0.2, 0.25) is 11.8 Å². The maximum atomic E-state index is 12.8. The number of alkyl halides is 3. The number of halogens is 3. The van der Waals surface area contributed by atoms with Crippen LogP contribution in [-0.2, 0) is 9.59 Å². The Balaban J connectivity index is 1.86. The van der Waals surface area contributed by atoms with Gasteiger partial charge in [0.1, 0.15) is 0 Å². The molecule has 0 spiro atoms. The number of rotatable bonds is 4. The van der Waals surface area contributed by atoms with Crippen molar-refractivity contribution >= 4 is 17.5 Å². The lowest BCUT2D eigenvalue weighted by molar-refractivity contribution is -0.186. The molecule has 2 amide bonds. The topological polar surface area (TPSA) is 58.2 Å². The van der Waals surface area contributed by atoms with Gasteiger partial charge >= 0.3 is 6.18 Å². The molecule has 4 nitrogen and oxygen atoms in total. The first-order valence-electron chi connectivity index (χ1n) is 8.39. The standard InChI is InChI=1S/C18H23F3N2O2/c1-11-5-3-6-12(2)16(11)23-15(24)10-22-17(25)13-7-4-8-14(9-13)18(19,20)21/h3,5-6,13-14H,4,7-10H2,1-2H3,(H,22,25)(H,23,24). The molecule has 7 heteroatoms. The zero-order valence-electron chi connectivity index (χ0n) is 14.4. The number of hydrogen-bond acceptors (Lipinski definition) is 2. The molecule has 0 radical (unpaired) electrons. The minimum atomic E-state index is -4.27. The van der Waals surface area contributed by atoms with Gasteiger partial charge in [-0.3, -0.25) is 9.59 Å². The van der Waals surface area contributed by atoms with Crippen LogP contribution in [-0.4, -0.2) is 24.5 Å². The van der Waals surface area contributed by atoms with Crippen molar-refractivity contribution in [3.63, 3.8) is 0 Å². The Morgan fingerprint density at radius 2 is 1.80 bits per heavy atom. The summed E-state index contributed by atoms with van der Waals surface area (Å²) in [7, 11) is 0. The molecular weight excluding hydrogens is 333 g/mol. The highest BCUT2D eigenvalue weighted by Gasteiger charge is 2.43. The molecule has 1 aliphatic rings. The van der Waals surface area contributed by atoms with Crippen molar-refractivity contribution in [3.8, 4) is 0 Å². The largest absolute Gasteiger partial charge is 0.391 e. The quantitative estimate of drug-likeness (QED) is 0.864. The van der Waals surface area contributed by atoms with Crippen molar-refractivity contribution < 1.29 is 22.8 Å². The summed E-state index contributed by atoms with van der Waals surface area (Å²) in [4.78, 5) is 24.1. The normalized spacial score (nSPS) is 20.8. The molecule has 2 unspecified atom stereocenters. The van der Waals surface area contributed by atoms with Crippen molar-refractivity contribution in [3.05, 3.63) is 29.3 Å². The van der Waals surface area contributed by atoms with E-state index in [2.05, 4.69) is 10.6 Å². The van der Waals surface area contributed by atoms with Crippen LogP contribution in [0.25, 0.3) is 0 Å². The van der Waals surface area contributed by atoms with Crippen LogP contribution in [0.15, 0.2) is 18.2 Å². The van der Waals surface area contributed by atoms with Crippen LogP contribution < -0.4 is 10.6 Å². The number of hydrogen-bond donors (Lipinski definition) is 2. The predicted molar refractivity (Wildman–Crippen MR) is 89.1 cm³/mol. The van der Waals surface area contributed by atoms with Crippen molar-refractivity contribution in [2.75, 3.05) is 11.9 Å². The second-order valence-corrected chi connectivity index (χ2v) is 6.63. The van der Waals surface area contributed by atoms with Crippen LogP contribution in [0.3, 0.4) is 0 Å². The third-order valence-electron chi connectivity index (χ3n) is 4.68. The third-order valence-corrected chi connectivity index (χ3v) is 4.68. The van der Waals surface area contributed by atoms with E-state index in [0.29, 0.717) is 18.5 Å². The van der Waals surface area contributed by atoms with E-state index in [1.807, 2.05) is 32.0 Å². The van der Waals surface area contributed by atoms with Gasteiger partial charge in [-0.05, 0) is 44.2 Å². The van der Waals surface area contributed by atoms with Gasteiger partial charge in [0.05, 0.1) is 12.5 Å². The van der Waals surface area contributed by atoms with Crippen LogP contribution in [0.5, 0.6) is 0 Å². The van der Waals surface area contributed by atoms with E-state index in [-0.39, 0.29) is 19.4 Å². The maximum absolute atomic E-state index is 12.8. The van der Waals surface area contributed by atoms with E-state index in [9.17, 15) is 22.8 Å². The Hall–Kier alpha value is -2.05. The molecule has 0 aliphatic heterocycles. The first-order valence-corrected chi connectivity index (χ1v) is 8.39. The lowest BCUT2D eigenvalue weighted by Crippen LogP contribution is -2.40. The molecule has 0 bridgehead atoms. The Morgan fingerprint density at radius 1 is 1.16 bits per heavy atom.